The molecule has 1 aromatic heterocycles. The standard InChI is InChI=1S/C14H25N3O2/c1-14(2,13(18)19)7-5-6-9-16(3)11-12-15-8-10-17(12)4/h8,10H,5-7,9,11H2,1-4H3,(H,18,19). The van der Waals surface area contributed by atoms with Gasteiger partial charge in [-0.25, -0.2) is 4.98 Å². The maximum atomic E-state index is 11.0. The van der Waals surface area contributed by atoms with Crippen molar-refractivity contribution in [1.82, 2.24) is 14.5 Å². The molecule has 0 saturated carbocycles. The van der Waals surface area contributed by atoms with Gasteiger partial charge in [-0.15, -0.1) is 0 Å². The molecule has 1 heterocycles. The van der Waals surface area contributed by atoms with Gasteiger partial charge in [0.2, 0.25) is 0 Å². The zero-order valence-corrected chi connectivity index (χ0v) is 12.4. The van der Waals surface area contributed by atoms with Crippen LogP contribution < -0.4 is 0 Å². The van der Waals surface area contributed by atoms with Crippen LogP contribution in [0.15, 0.2) is 12.4 Å². The van der Waals surface area contributed by atoms with Gasteiger partial charge in [0.25, 0.3) is 0 Å². The van der Waals surface area contributed by atoms with E-state index in [-0.39, 0.29) is 0 Å². The van der Waals surface area contributed by atoms with Crippen molar-refractivity contribution in [2.75, 3.05) is 13.6 Å². The number of carboxylic acid groups (broad SMARTS) is 1. The average Bonchev–Trinajstić information content (AvgIpc) is 2.70. The zero-order chi connectivity index (χ0) is 14.5. The molecule has 0 bridgehead atoms. The van der Waals surface area contributed by atoms with Crippen LogP contribution in [0.4, 0.5) is 0 Å². The molecule has 0 saturated heterocycles. The summed E-state index contributed by atoms with van der Waals surface area (Å²) < 4.78 is 2.02. The molecule has 0 aromatic carbocycles. The molecule has 0 atom stereocenters. The number of aryl methyl sites for hydroxylation is 1. The van der Waals surface area contributed by atoms with Gasteiger partial charge in [-0.05, 0) is 40.3 Å². The fraction of sp³-hybridized carbons (Fsp3) is 0.714. The summed E-state index contributed by atoms with van der Waals surface area (Å²) >= 11 is 0. The lowest BCUT2D eigenvalue weighted by Gasteiger charge is -2.20. The Morgan fingerprint density at radius 1 is 1.47 bits per heavy atom. The lowest BCUT2D eigenvalue weighted by atomic mass is 9.87. The Bertz CT molecular complexity index is 413. The second-order valence-electron chi connectivity index (χ2n) is 5.84. The minimum Gasteiger partial charge on any atom is -0.481 e. The highest BCUT2D eigenvalue weighted by Gasteiger charge is 2.25. The van der Waals surface area contributed by atoms with Crippen molar-refractivity contribution in [3.05, 3.63) is 18.2 Å². The second-order valence-corrected chi connectivity index (χ2v) is 5.84. The summed E-state index contributed by atoms with van der Waals surface area (Å²) in [5.41, 5.74) is -0.613. The van der Waals surface area contributed by atoms with E-state index in [9.17, 15) is 4.79 Å². The van der Waals surface area contributed by atoms with E-state index in [4.69, 9.17) is 5.11 Å². The molecule has 5 heteroatoms. The van der Waals surface area contributed by atoms with E-state index in [0.717, 1.165) is 38.2 Å². The van der Waals surface area contributed by atoms with Gasteiger partial charge in [0.1, 0.15) is 5.82 Å². The van der Waals surface area contributed by atoms with Gasteiger partial charge >= 0.3 is 5.97 Å². The van der Waals surface area contributed by atoms with E-state index in [1.54, 1.807) is 20.0 Å². The van der Waals surface area contributed by atoms with Crippen LogP contribution in [-0.4, -0.2) is 39.1 Å². The topological polar surface area (TPSA) is 58.4 Å². The first-order valence-electron chi connectivity index (χ1n) is 6.71. The van der Waals surface area contributed by atoms with Crippen LogP contribution in [0.1, 0.15) is 38.9 Å². The van der Waals surface area contributed by atoms with Crippen LogP contribution in [0.5, 0.6) is 0 Å². The molecule has 0 aliphatic carbocycles. The largest absolute Gasteiger partial charge is 0.481 e. The fourth-order valence-electron chi connectivity index (χ4n) is 1.92. The van der Waals surface area contributed by atoms with Gasteiger partial charge in [-0.2, -0.15) is 0 Å². The first-order chi connectivity index (χ1) is 8.83. The number of carbonyl (C=O) groups is 1. The van der Waals surface area contributed by atoms with E-state index >= 15 is 0 Å². The second kappa shape index (κ2) is 6.70. The van der Waals surface area contributed by atoms with Gasteiger partial charge in [0.05, 0.1) is 12.0 Å². The average molecular weight is 267 g/mol. The quantitative estimate of drug-likeness (QED) is 0.733. The Labute approximate surface area is 115 Å². The predicted octanol–water partition coefficient (Wildman–Crippen LogP) is 2.13. The van der Waals surface area contributed by atoms with Crippen molar-refractivity contribution in [2.24, 2.45) is 12.5 Å². The lowest BCUT2D eigenvalue weighted by Crippen LogP contribution is -2.25. The minimum absolute atomic E-state index is 0.613. The maximum absolute atomic E-state index is 11.0. The van der Waals surface area contributed by atoms with Gasteiger partial charge in [0.15, 0.2) is 0 Å². The molecule has 19 heavy (non-hydrogen) atoms. The Kier molecular flexibility index (Phi) is 5.54. The minimum atomic E-state index is -0.714. The van der Waals surface area contributed by atoms with Crippen molar-refractivity contribution >= 4 is 5.97 Å². The number of hydrogen-bond donors (Lipinski definition) is 1. The summed E-state index contributed by atoms with van der Waals surface area (Å²) in [5, 5.41) is 9.03. The molecule has 5 nitrogen and oxygen atoms in total. The summed E-state index contributed by atoms with van der Waals surface area (Å²) in [7, 11) is 4.06. The molecular formula is C14H25N3O2. The first-order valence-corrected chi connectivity index (χ1v) is 6.71. The molecule has 0 amide bonds. The lowest BCUT2D eigenvalue weighted by molar-refractivity contribution is -0.147. The third-order valence-electron chi connectivity index (χ3n) is 3.50. The third-order valence-corrected chi connectivity index (χ3v) is 3.50. The highest BCUT2D eigenvalue weighted by atomic mass is 16.4. The normalized spacial score (nSPS) is 12.1. The van der Waals surface area contributed by atoms with Crippen LogP contribution in [0.25, 0.3) is 0 Å². The van der Waals surface area contributed by atoms with Crippen LogP contribution >= 0.6 is 0 Å². The molecule has 0 spiro atoms. The van der Waals surface area contributed by atoms with Crippen LogP contribution in [0, 0.1) is 5.41 Å². The monoisotopic (exact) mass is 267 g/mol. The Balaban J connectivity index is 2.23. The van der Waals surface area contributed by atoms with E-state index in [1.807, 2.05) is 17.8 Å². The molecule has 1 N–H and O–H groups in total. The van der Waals surface area contributed by atoms with Crippen LogP contribution in [0.2, 0.25) is 0 Å². The number of carboxylic acids is 1. The number of imidazole rings is 1. The number of rotatable bonds is 8. The van der Waals surface area contributed by atoms with Crippen molar-refractivity contribution < 1.29 is 9.90 Å². The molecular weight excluding hydrogens is 242 g/mol. The van der Waals surface area contributed by atoms with Gasteiger partial charge in [-0.1, -0.05) is 6.42 Å². The summed E-state index contributed by atoms with van der Waals surface area (Å²) in [6.45, 7) is 5.36. The summed E-state index contributed by atoms with van der Waals surface area (Å²) in [6.07, 6.45) is 6.41. The molecule has 1 aromatic rings. The van der Waals surface area contributed by atoms with Crippen molar-refractivity contribution in [2.45, 2.75) is 39.7 Å². The molecule has 0 radical (unpaired) electrons. The fourth-order valence-corrected chi connectivity index (χ4v) is 1.92. The van der Waals surface area contributed by atoms with Crippen LogP contribution in [-0.2, 0) is 18.4 Å². The number of nitrogens with zero attached hydrogens (tertiary/aromatic N) is 3. The van der Waals surface area contributed by atoms with E-state index < -0.39 is 11.4 Å². The van der Waals surface area contributed by atoms with E-state index in [1.165, 1.54) is 0 Å². The molecule has 0 aliphatic heterocycles. The van der Waals surface area contributed by atoms with Crippen molar-refractivity contribution in [3.8, 4) is 0 Å². The Hall–Kier alpha value is -1.36. The molecule has 0 aliphatic rings. The molecule has 0 fully saturated rings. The third kappa shape index (κ3) is 5.03. The van der Waals surface area contributed by atoms with E-state index in [0.29, 0.717) is 0 Å². The van der Waals surface area contributed by atoms with E-state index in [2.05, 4.69) is 16.9 Å². The number of aromatic nitrogens is 2. The van der Waals surface area contributed by atoms with Gasteiger partial charge in [0, 0.05) is 19.4 Å². The first kappa shape index (κ1) is 15.7. The number of aliphatic carboxylic acids is 1. The molecule has 1 rings (SSSR count). The maximum Gasteiger partial charge on any atom is 0.309 e. The smallest absolute Gasteiger partial charge is 0.309 e. The summed E-state index contributed by atoms with van der Waals surface area (Å²) in [5.74, 6) is 0.335. The Morgan fingerprint density at radius 3 is 2.68 bits per heavy atom. The predicted molar refractivity (Wildman–Crippen MR) is 74.8 cm³/mol. The summed E-state index contributed by atoms with van der Waals surface area (Å²) in [6, 6.07) is 0. The zero-order valence-electron chi connectivity index (χ0n) is 12.4. The molecule has 108 valence electrons. The number of hydrogen-bond acceptors (Lipinski definition) is 3. The van der Waals surface area contributed by atoms with Crippen LogP contribution in [0.3, 0.4) is 0 Å². The van der Waals surface area contributed by atoms with Crippen molar-refractivity contribution in [3.63, 3.8) is 0 Å². The molecule has 0 unspecified atom stereocenters. The number of unbranched alkanes of at least 4 members (excludes halogenated alkanes) is 1. The Morgan fingerprint density at radius 2 is 2.16 bits per heavy atom. The van der Waals surface area contributed by atoms with Gasteiger partial charge < -0.3 is 9.67 Å². The highest BCUT2D eigenvalue weighted by Crippen LogP contribution is 2.23. The SMILES string of the molecule is CN(CCCCC(C)(C)C(=O)O)Cc1nccn1C. The highest BCUT2D eigenvalue weighted by molar-refractivity contribution is 5.73. The van der Waals surface area contributed by atoms with Crippen molar-refractivity contribution in [1.29, 1.82) is 0 Å². The van der Waals surface area contributed by atoms with Gasteiger partial charge in [-0.3, -0.25) is 9.69 Å². The summed E-state index contributed by atoms with van der Waals surface area (Å²) in [4.78, 5) is 17.5.